The Morgan fingerprint density at radius 3 is 2.85 bits per heavy atom. The second kappa shape index (κ2) is 5.91. The summed E-state index contributed by atoms with van der Waals surface area (Å²) in [7, 11) is 0. The quantitative estimate of drug-likeness (QED) is 0.602. The molecule has 0 bridgehead atoms. The number of rotatable bonds is 2. The minimum Gasteiger partial charge on any atom is -0.384 e. The predicted molar refractivity (Wildman–Crippen MR) is 74.5 cm³/mol. The van der Waals surface area contributed by atoms with Gasteiger partial charge in [0.2, 0.25) is 0 Å². The molecule has 4 N–H and O–H groups in total. The third-order valence-electron chi connectivity index (χ3n) is 2.63. The number of hydrogen-bond acceptors (Lipinski definition) is 3. The Hall–Kier alpha value is -2.78. The second-order valence-electron chi connectivity index (χ2n) is 4.10. The highest BCUT2D eigenvalue weighted by molar-refractivity contribution is 6.02. The van der Waals surface area contributed by atoms with E-state index in [-0.39, 0.29) is 12.3 Å². The molecule has 2 aromatic rings. The van der Waals surface area contributed by atoms with Gasteiger partial charge in [0, 0.05) is 17.4 Å². The molecule has 6 heteroatoms. The lowest BCUT2D eigenvalue weighted by molar-refractivity contribution is 0.102. The van der Waals surface area contributed by atoms with Gasteiger partial charge in [-0.3, -0.25) is 4.79 Å². The number of aliphatic hydroxyl groups is 1. The molecule has 0 atom stereocenters. The fourth-order valence-corrected chi connectivity index (χ4v) is 1.67. The number of aliphatic hydroxyl groups excluding tert-OH is 1. The Morgan fingerprint density at radius 1 is 1.45 bits per heavy atom. The topological polar surface area (TPSA) is 98.0 Å². The average molecular weight is 271 g/mol. The van der Waals surface area contributed by atoms with Crippen LogP contribution in [0.25, 0.3) is 0 Å². The Morgan fingerprint density at radius 2 is 2.25 bits per heavy atom. The summed E-state index contributed by atoms with van der Waals surface area (Å²) in [4.78, 5) is 27.5. The van der Waals surface area contributed by atoms with Crippen LogP contribution in [0.15, 0.2) is 29.2 Å². The fraction of sp³-hybridized carbons (Fsp3) is 0.143. The highest BCUT2D eigenvalue weighted by Gasteiger charge is 2.08. The van der Waals surface area contributed by atoms with Crippen molar-refractivity contribution in [2.45, 2.75) is 6.92 Å². The first-order valence-corrected chi connectivity index (χ1v) is 5.89. The van der Waals surface area contributed by atoms with Crippen molar-refractivity contribution >= 4 is 11.6 Å². The molecule has 0 aliphatic rings. The molecule has 0 spiro atoms. The molecule has 0 aliphatic heterocycles. The number of aromatic nitrogens is 2. The molecule has 1 amide bonds. The fourth-order valence-electron chi connectivity index (χ4n) is 1.67. The number of carbonyl (C=O) groups excluding carboxylic acids is 1. The summed E-state index contributed by atoms with van der Waals surface area (Å²) in [6, 6.07) is 5.23. The number of aromatic amines is 2. The van der Waals surface area contributed by atoms with Crippen molar-refractivity contribution in [1.82, 2.24) is 9.97 Å². The first kappa shape index (κ1) is 13.6. The van der Waals surface area contributed by atoms with Gasteiger partial charge in [-0.2, -0.15) is 0 Å². The summed E-state index contributed by atoms with van der Waals surface area (Å²) in [5.41, 5.74) is 2.00. The minimum absolute atomic E-state index is 0.164. The molecule has 0 fully saturated rings. The number of amides is 1. The molecule has 1 aromatic carbocycles. The third-order valence-corrected chi connectivity index (χ3v) is 2.63. The molecule has 6 nitrogen and oxygen atoms in total. The van der Waals surface area contributed by atoms with Crippen molar-refractivity contribution in [3.8, 4) is 11.8 Å². The first-order chi connectivity index (χ1) is 9.60. The Bertz CT molecular complexity index is 747. The predicted octanol–water partition coefficient (Wildman–Crippen LogP) is 0.608. The summed E-state index contributed by atoms with van der Waals surface area (Å²) in [5.74, 6) is 4.98. The number of hydrogen-bond donors (Lipinski definition) is 4. The van der Waals surface area contributed by atoms with Gasteiger partial charge in [-0.05, 0) is 30.7 Å². The van der Waals surface area contributed by atoms with Crippen LogP contribution in [0.5, 0.6) is 0 Å². The largest absolute Gasteiger partial charge is 0.384 e. The van der Waals surface area contributed by atoms with Gasteiger partial charge >= 0.3 is 5.69 Å². The molecule has 2 rings (SSSR count). The normalized spacial score (nSPS) is 9.70. The van der Waals surface area contributed by atoms with Crippen molar-refractivity contribution in [2.24, 2.45) is 0 Å². The molecular formula is C14H13N3O3. The van der Waals surface area contributed by atoms with Gasteiger partial charge < -0.3 is 20.4 Å². The molecule has 0 saturated carbocycles. The molecule has 0 saturated heterocycles. The van der Waals surface area contributed by atoms with Crippen LogP contribution >= 0.6 is 0 Å². The molecule has 0 aliphatic carbocycles. The molecule has 1 aromatic heterocycles. The van der Waals surface area contributed by atoms with Gasteiger partial charge in [-0.25, -0.2) is 4.79 Å². The molecule has 20 heavy (non-hydrogen) atoms. The maximum Gasteiger partial charge on any atom is 0.323 e. The molecule has 102 valence electrons. The van der Waals surface area contributed by atoms with E-state index in [1.54, 1.807) is 18.2 Å². The highest BCUT2D eigenvalue weighted by Crippen LogP contribution is 2.15. The zero-order valence-electron chi connectivity index (χ0n) is 10.8. The van der Waals surface area contributed by atoms with Gasteiger partial charge in [0.05, 0.1) is 0 Å². The lowest BCUT2D eigenvalue weighted by Gasteiger charge is -2.06. The second-order valence-corrected chi connectivity index (χ2v) is 4.10. The number of imidazole rings is 1. The number of H-pyrrole nitrogens is 2. The van der Waals surface area contributed by atoms with Crippen LogP contribution in [0.2, 0.25) is 0 Å². The van der Waals surface area contributed by atoms with Gasteiger partial charge in [-0.15, -0.1) is 0 Å². The summed E-state index contributed by atoms with van der Waals surface area (Å²) in [6.07, 6.45) is 1.31. The van der Waals surface area contributed by atoms with Crippen molar-refractivity contribution in [3.05, 3.63) is 51.7 Å². The van der Waals surface area contributed by atoms with Crippen LogP contribution in [0, 0.1) is 18.8 Å². The number of anilines is 1. The van der Waals surface area contributed by atoms with E-state index in [0.717, 1.165) is 11.1 Å². The maximum atomic E-state index is 11.8. The van der Waals surface area contributed by atoms with Crippen LogP contribution in [0.4, 0.5) is 5.69 Å². The van der Waals surface area contributed by atoms with Gasteiger partial charge in [0.15, 0.2) is 0 Å². The van der Waals surface area contributed by atoms with Crippen LogP contribution in [0.1, 0.15) is 21.6 Å². The lowest BCUT2D eigenvalue weighted by Crippen LogP contribution is -2.14. The van der Waals surface area contributed by atoms with E-state index in [2.05, 4.69) is 27.1 Å². The maximum absolute atomic E-state index is 11.8. The van der Waals surface area contributed by atoms with Crippen molar-refractivity contribution in [3.63, 3.8) is 0 Å². The summed E-state index contributed by atoms with van der Waals surface area (Å²) in [5, 5.41) is 11.3. The van der Waals surface area contributed by atoms with Crippen LogP contribution in [0.3, 0.4) is 0 Å². The summed E-state index contributed by atoms with van der Waals surface area (Å²) in [6.45, 7) is 1.66. The van der Waals surface area contributed by atoms with E-state index < -0.39 is 11.6 Å². The van der Waals surface area contributed by atoms with E-state index >= 15 is 0 Å². The average Bonchev–Trinajstić information content (AvgIpc) is 2.85. The van der Waals surface area contributed by atoms with Crippen LogP contribution in [-0.4, -0.2) is 27.6 Å². The number of benzene rings is 1. The van der Waals surface area contributed by atoms with Gasteiger partial charge in [-0.1, -0.05) is 11.8 Å². The van der Waals surface area contributed by atoms with Crippen LogP contribution < -0.4 is 11.0 Å². The molecule has 0 unspecified atom stereocenters. The Kier molecular flexibility index (Phi) is 4.03. The smallest absolute Gasteiger partial charge is 0.323 e. The minimum atomic E-state index is -0.430. The zero-order valence-corrected chi connectivity index (χ0v) is 10.8. The highest BCUT2D eigenvalue weighted by atomic mass is 16.2. The number of carbonyl (C=O) groups is 1. The molecular weight excluding hydrogens is 258 g/mol. The van der Waals surface area contributed by atoms with E-state index in [1.807, 2.05) is 6.92 Å². The SMILES string of the molecule is Cc1cc(NC(=O)c2c[nH]c(=O)[nH]2)ccc1C#CCO. The zero-order chi connectivity index (χ0) is 14.5. The standard InChI is InChI=1S/C14H13N3O3/c1-9-7-11(5-4-10(9)3-2-6-18)16-13(19)12-8-15-14(20)17-12/h4-5,7-8,18H,6H2,1H3,(H,16,19)(H2,15,17,20). The van der Waals surface area contributed by atoms with Crippen LogP contribution in [-0.2, 0) is 0 Å². The number of nitrogens with one attached hydrogen (secondary N) is 3. The van der Waals surface area contributed by atoms with Crippen molar-refractivity contribution in [1.29, 1.82) is 0 Å². The summed E-state index contributed by atoms with van der Waals surface area (Å²) < 4.78 is 0. The van der Waals surface area contributed by atoms with Crippen molar-refractivity contribution < 1.29 is 9.90 Å². The van der Waals surface area contributed by atoms with Gasteiger partial charge in [0.1, 0.15) is 12.3 Å². The first-order valence-electron chi connectivity index (χ1n) is 5.89. The molecule has 1 heterocycles. The van der Waals surface area contributed by atoms with Gasteiger partial charge in [0.25, 0.3) is 5.91 Å². The molecule has 0 radical (unpaired) electrons. The lowest BCUT2D eigenvalue weighted by atomic mass is 10.1. The number of aryl methyl sites for hydroxylation is 1. The van der Waals surface area contributed by atoms with Crippen molar-refractivity contribution in [2.75, 3.05) is 11.9 Å². The monoisotopic (exact) mass is 271 g/mol. The summed E-state index contributed by atoms with van der Waals surface area (Å²) >= 11 is 0. The third kappa shape index (κ3) is 3.16. The van der Waals surface area contributed by atoms with E-state index in [4.69, 9.17) is 5.11 Å². The Labute approximate surface area is 114 Å². The Balaban J connectivity index is 2.16. The van der Waals surface area contributed by atoms with E-state index in [0.29, 0.717) is 5.69 Å². The van der Waals surface area contributed by atoms with E-state index in [1.165, 1.54) is 6.20 Å². The van der Waals surface area contributed by atoms with E-state index in [9.17, 15) is 9.59 Å².